The summed E-state index contributed by atoms with van der Waals surface area (Å²) in [6.07, 6.45) is -4.71. The smallest absolute Gasteiger partial charge is 0.298 e. The molecule has 0 aliphatic rings. The summed E-state index contributed by atoms with van der Waals surface area (Å²) >= 11 is 0. The Labute approximate surface area is 77.3 Å². The molecule has 0 aliphatic carbocycles. The van der Waals surface area contributed by atoms with E-state index in [1.807, 2.05) is 0 Å². The number of benzene rings is 1. The maximum Gasteiger partial charge on any atom is 0.419 e. The second-order valence-electron chi connectivity index (χ2n) is 2.78. The van der Waals surface area contributed by atoms with Crippen LogP contribution >= 0.6 is 0 Å². The zero-order chi connectivity index (χ0) is 10.9. The first-order valence-electron chi connectivity index (χ1n) is 3.69. The van der Waals surface area contributed by atoms with Gasteiger partial charge in [0.05, 0.1) is 11.1 Å². The fourth-order valence-electron chi connectivity index (χ4n) is 1.13. The van der Waals surface area contributed by atoms with Crippen LogP contribution in [0.2, 0.25) is 0 Å². The first kappa shape index (κ1) is 10.7. The molecule has 0 bridgehead atoms. The van der Waals surface area contributed by atoms with Crippen molar-refractivity contribution in [1.29, 1.82) is 0 Å². The lowest BCUT2D eigenvalue weighted by Gasteiger charge is -2.11. The van der Waals surface area contributed by atoms with Gasteiger partial charge in [0, 0.05) is 0 Å². The summed E-state index contributed by atoms with van der Waals surface area (Å²) in [5.74, 6) is -1.51. The SMILES string of the molecule is Cc1ccc(C=O)c(F)c1C(F)(F)F. The number of halogens is 4. The highest BCUT2D eigenvalue weighted by Gasteiger charge is 2.36. The van der Waals surface area contributed by atoms with Gasteiger partial charge in [-0.25, -0.2) is 4.39 Å². The zero-order valence-corrected chi connectivity index (χ0v) is 7.15. The number of hydrogen-bond donors (Lipinski definition) is 0. The zero-order valence-electron chi connectivity index (χ0n) is 7.15. The Hall–Kier alpha value is -1.39. The number of rotatable bonds is 1. The fourth-order valence-corrected chi connectivity index (χ4v) is 1.13. The van der Waals surface area contributed by atoms with Gasteiger partial charge in [-0.3, -0.25) is 4.79 Å². The van der Waals surface area contributed by atoms with E-state index in [1.54, 1.807) is 0 Å². The second kappa shape index (κ2) is 3.40. The monoisotopic (exact) mass is 206 g/mol. The molecule has 0 amide bonds. The van der Waals surface area contributed by atoms with Crippen LogP contribution < -0.4 is 0 Å². The van der Waals surface area contributed by atoms with Crippen molar-refractivity contribution in [3.8, 4) is 0 Å². The standard InChI is InChI=1S/C9H6F4O/c1-5-2-3-6(4-14)8(10)7(5)9(11,12)13/h2-4H,1H3. The first-order valence-corrected chi connectivity index (χ1v) is 3.69. The van der Waals surface area contributed by atoms with Crippen molar-refractivity contribution < 1.29 is 22.4 Å². The molecular weight excluding hydrogens is 200 g/mol. The lowest BCUT2D eigenvalue weighted by atomic mass is 10.0. The quantitative estimate of drug-likeness (QED) is 0.510. The van der Waals surface area contributed by atoms with Gasteiger partial charge in [-0.2, -0.15) is 13.2 Å². The number of carbonyl (C=O) groups excluding carboxylic acids is 1. The Morgan fingerprint density at radius 3 is 2.29 bits per heavy atom. The molecule has 0 heterocycles. The van der Waals surface area contributed by atoms with Crippen LogP contribution in [-0.2, 0) is 6.18 Å². The third-order valence-electron chi connectivity index (χ3n) is 1.79. The molecule has 0 spiro atoms. The lowest BCUT2D eigenvalue weighted by Crippen LogP contribution is -2.12. The number of aryl methyl sites for hydroxylation is 1. The van der Waals surface area contributed by atoms with Crippen molar-refractivity contribution in [3.63, 3.8) is 0 Å². The normalized spacial score (nSPS) is 11.5. The Morgan fingerprint density at radius 1 is 1.29 bits per heavy atom. The van der Waals surface area contributed by atoms with E-state index < -0.39 is 23.1 Å². The number of alkyl halides is 3. The summed E-state index contributed by atoms with van der Waals surface area (Å²) in [6, 6.07) is 2.09. The Bertz CT molecular complexity index is 368. The van der Waals surface area contributed by atoms with Crippen LogP contribution in [-0.4, -0.2) is 6.29 Å². The van der Waals surface area contributed by atoms with Gasteiger partial charge in [0.15, 0.2) is 6.29 Å². The molecule has 0 atom stereocenters. The average Bonchev–Trinajstić information content (AvgIpc) is 2.02. The molecule has 1 rings (SSSR count). The summed E-state index contributed by atoms with van der Waals surface area (Å²) in [7, 11) is 0. The highest BCUT2D eigenvalue weighted by atomic mass is 19.4. The van der Waals surface area contributed by atoms with Crippen LogP contribution in [0.15, 0.2) is 12.1 Å². The largest absolute Gasteiger partial charge is 0.419 e. The molecule has 1 nitrogen and oxygen atoms in total. The predicted octanol–water partition coefficient (Wildman–Crippen LogP) is 2.97. The van der Waals surface area contributed by atoms with Crippen molar-refractivity contribution >= 4 is 6.29 Å². The van der Waals surface area contributed by atoms with E-state index in [1.165, 1.54) is 0 Å². The van der Waals surface area contributed by atoms with Crippen LogP contribution in [0.4, 0.5) is 17.6 Å². The molecule has 1 aromatic carbocycles. The topological polar surface area (TPSA) is 17.1 Å². The van der Waals surface area contributed by atoms with Crippen LogP contribution in [0.3, 0.4) is 0 Å². The fraction of sp³-hybridized carbons (Fsp3) is 0.222. The minimum absolute atomic E-state index is 0.0595. The van der Waals surface area contributed by atoms with Gasteiger partial charge in [-0.15, -0.1) is 0 Å². The molecule has 5 heteroatoms. The molecule has 0 saturated carbocycles. The predicted molar refractivity (Wildman–Crippen MR) is 41.5 cm³/mol. The highest BCUT2D eigenvalue weighted by Crippen LogP contribution is 2.34. The van der Waals surface area contributed by atoms with Gasteiger partial charge >= 0.3 is 6.18 Å². The molecule has 0 unspecified atom stereocenters. The van der Waals surface area contributed by atoms with E-state index in [9.17, 15) is 22.4 Å². The van der Waals surface area contributed by atoms with Crippen LogP contribution in [0.5, 0.6) is 0 Å². The van der Waals surface area contributed by atoms with Crippen molar-refractivity contribution in [1.82, 2.24) is 0 Å². The highest BCUT2D eigenvalue weighted by molar-refractivity contribution is 5.76. The van der Waals surface area contributed by atoms with Crippen LogP contribution in [0, 0.1) is 12.7 Å². The number of carbonyl (C=O) groups is 1. The minimum Gasteiger partial charge on any atom is -0.298 e. The van der Waals surface area contributed by atoms with Crippen molar-refractivity contribution in [3.05, 3.63) is 34.6 Å². The molecule has 0 fully saturated rings. The summed E-state index contributed by atoms with van der Waals surface area (Å²) in [5, 5.41) is 0. The third kappa shape index (κ3) is 1.76. The van der Waals surface area contributed by atoms with E-state index >= 15 is 0 Å². The van der Waals surface area contributed by atoms with Crippen LogP contribution in [0.25, 0.3) is 0 Å². The Balaban J connectivity index is 3.48. The third-order valence-corrected chi connectivity index (χ3v) is 1.79. The average molecular weight is 206 g/mol. The van der Waals surface area contributed by atoms with Crippen molar-refractivity contribution in [2.24, 2.45) is 0 Å². The second-order valence-corrected chi connectivity index (χ2v) is 2.78. The molecule has 0 N–H and O–H groups in total. The summed E-state index contributed by atoms with van der Waals surface area (Å²) in [5.41, 5.74) is -2.19. The van der Waals surface area contributed by atoms with Gasteiger partial charge < -0.3 is 0 Å². The first-order chi connectivity index (χ1) is 6.38. The van der Waals surface area contributed by atoms with E-state index in [0.29, 0.717) is 0 Å². The molecule has 1 aromatic rings. The summed E-state index contributed by atoms with van der Waals surface area (Å²) in [4.78, 5) is 10.2. The molecule has 14 heavy (non-hydrogen) atoms. The minimum atomic E-state index is -4.77. The Kier molecular flexibility index (Phi) is 2.59. The lowest BCUT2D eigenvalue weighted by molar-refractivity contribution is -0.140. The van der Waals surface area contributed by atoms with Gasteiger partial charge in [0.2, 0.25) is 0 Å². The summed E-state index contributed by atoms with van der Waals surface area (Å²) < 4.78 is 49.9. The number of aldehydes is 1. The maximum atomic E-state index is 13.1. The van der Waals surface area contributed by atoms with Crippen LogP contribution in [0.1, 0.15) is 21.5 Å². The summed E-state index contributed by atoms with van der Waals surface area (Å²) in [6.45, 7) is 1.14. The molecule has 0 saturated heterocycles. The van der Waals surface area contributed by atoms with Gasteiger partial charge in [0.1, 0.15) is 5.82 Å². The van der Waals surface area contributed by atoms with E-state index in [0.717, 1.165) is 19.1 Å². The maximum absolute atomic E-state index is 13.1. The molecule has 0 aliphatic heterocycles. The van der Waals surface area contributed by atoms with Gasteiger partial charge in [-0.05, 0) is 18.6 Å². The Morgan fingerprint density at radius 2 is 1.86 bits per heavy atom. The molecule has 76 valence electrons. The van der Waals surface area contributed by atoms with Crippen molar-refractivity contribution in [2.45, 2.75) is 13.1 Å². The van der Waals surface area contributed by atoms with E-state index in [-0.39, 0.29) is 11.8 Å². The molecule has 0 aromatic heterocycles. The van der Waals surface area contributed by atoms with Gasteiger partial charge in [0.25, 0.3) is 0 Å². The molecule has 0 radical (unpaired) electrons. The van der Waals surface area contributed by atoms with E-state index in [4.69, 9.17) is 0 Å². The van der Waals surface area contributed by atoms with Crippen molar-refractivity contribution in [2.75, 3.05) is 0 Å². The molecular formula is C9H6F4O. The van der Waals surface area contributed by atoms with Gasteiger partial charge in [-0.1, -0.05) is 6.07 Å². The van der Waals surface area contributed by atoms with E-state index in [2.05, 4.69) is 0 Å². The number of hydrogen-bond acceptors (Lipinski definition) is 1.